The molecule has 0 aromatic carbocycles. The summed E-state index contributed by atoms with van der Waals surface area (Å²) in [6, 6.07) is 0. The smallest absolute Gasteiger partial charge is 0.323 e. The van der Waals surface area contributed by atoms with Crippen LogP contribution < -0.4 is 0 Å². The third kappa shape index (κ3) is 4.37. The molecule has 3 unspecified atom stereocenters. The minimum atomic E-state index is -2.12. The van der Waals surface area contributed by atoms with Gasteiger partial charge in [0.1, 0.15) is 0 Å². The van der Waals surface area contributed by atoms with Gasteiger partial charge in [-0.1, -0.05) is 6.92 Å². The van der Waals surface area contributed by atoms with Crippen LogP contribution in [0.4, 0.5) is 0 Å². The van der Waals surface area contributed by atoms with E-state index in [1.54, 1.807) is 0 Å². The highest BCUT2D eigenvalue weighted by atomic mass is 28.5. The number of hydrogen-bond donors (Lipinski definition) is 0. The molecule has 0 aromatic heterocycles. The molecule has 0 bridgehead atoms. The van der Waals surface area contributed by atoms with Gasteiger partial charge in [-0.3, -0.25) is 0 Å². The van der Waals surface area contributed by atoms with E-state index >= 15 is 0 Å². The summed E-state index contributed by atoms with van der Waals surface area (Å²) in [7, 11) is -7.29. The van der Waals surface area contributed by atoms with E-state index in [-0.39, 0.29) is 5.22 Å². The van der Waals surface area contributed by atoms with Crippen molar-refractivity contribution in [3.05, 3.63) is 0 Å². The molecule has 1 rings (SSSR count). The van der Waals surface area contributed by atoms with E-state index in [2.05, 4.69) is 53.1 Å². The van der Waals surface area contributed by atoms with Crippen molar-refractivity contribution >= 4 is 35.4 Å². The minimum Gasteiger partial charge on any atom is -0.437 e. The molecule has 0 saturated carbocycles. The summed E-state index contributed by atoms with van der Waals surface area (Å²) < 4.78 is 25.0. The van der Waals surface area contributed by atoms with Crippen LogP contribution in [-0.2, 0) is 16.8 Å². The Morgan fingerprint density at radius 2 is 1.44 bits per heavy atom. The summed E-state index contributed by atoms with van der Waals surface area (Å²) in [4.78, 5) is 0. The fourth-order valence-corrected chi connectivity index (χ4v) is 18.1. The lowest BCUT2D eigenvalue weighted by molar-refractivity contribution is 0.113. The molecule has 0 radical (unpaired) electrons. The van der Waals surface area contributed by atoms with Gasteiger partial charge in [-0.15, -0.1) is 0 Å². The summed E-state index contributed by atoms with van der Waals surface area (Å²) in [6.07, 6.45) is 0.973. The molecular weight excluding hydrogens is 296 g/mol. The molecule has 0 spiro atoms. The average molecular weight is 325 g/mol. The van der Waals surface area contributed by atoms with Gasteiger partial charge in [0.2, 0.25) is 0 Å². The lowest BCUT2D eigenvalue weighted by Gasteiger charge is -2.40. The SMILES string of the molecule is CCC1(C)O[Si](C)(C)O[SiH](C)O[Si](C)(C)O[SiH]1C. The summed E-state index contributed by atoms with van der Waals surface area (Å²) in [5, 5.41) is -0.151. The Labute approximate surface area is 117 Å². The van der Waals surface area contributed by atoms with Gasteiger partial charge in [0.15, 0.2) is 9.04 Å². The second kappa shape index (κ2) is 5.60. The van der Waals surface area contributed by atoms with Gasteiger partial charge in [-0.05, 0) is 52.6 Å². The molecule has 4 nitrogen and oxygen atoms in total. The van der Waals surface area contributed by atoms with E-state index in [1.807, 2.05) is 0 Å². The first kappa shape index (κ1) is 16.8. The highest BCUT2D eigenvalue weighted by Crippen LogP contribution is 2.30. The van der Waals surface area contributed by atoms with Crippen molar-refractivity contribution in [1.82, 2.24) is 0 Å². The lowest BCUT2D eigenvalue weighted by atomic mass is 10.3. The minimum absolute atomic E-state index is 0.151. The van der Waals surface area contributed by atoms with Crippen LogP contribution in [0.25, 0.3) is 0 Å². The van der Waals surface area contributed by atoms with Crippen molar-refractivity contribution in [3.63, 3.8) is 0 Å². The molecule has 0 aromatic rings. The van der Waals surface area contributed by atoms with Gasteiger partial charge >= 0.3 is 26.4 Å². The summed E-state index contributed by atoms with van der Waals surface area (Å²) in [6.45, 7) is 17.2. The highest BCUT2D eigenvalue weighted by Gasteiger charge is 2.46. The molecule has 0 amide bonds. The van der Waals surface area contributed by atoms with Gasteiger partial charge in [0.05, 0.1) is 5.22 Å². The Morgan fingerprint density at radius 3 is 1.94 bits per heavy atom. The molecule has 1 fully saturated rings. The van der Waals surface area contributed by atoms with Crippen molar-refractivity contribution in [3.8, 4) is 0 Å². The number of hydrogen-bond acceptors (Lipinski definition) is 4. The molecule has 108 valence electrons. The van der Waals surface area contributed by atoms with E-state index in [1.165, 1.54) is 0 Å². The third-order valence-electron chi connectivity index (χ3n) is 3.40. The standard InChI is InChI=1S/C10H28O4Si4/c1-9-10(2)11-17(5,6)13-16(4)14-18(7,8)12-15(10)3/h15-16H,9H2,1-8H3. The maximum Gasteiger partial charge on any atom is 0.323 e. The van der Waals surface area contributed by atoms with Crippen LogP contribution in [-0.4, -0.2) is 40.7 Å². The van der Waals surface area contributed by atoms with Gasteiger partial charge in [-0.25, -0.2) is 0 Å². The molecule has 1 aliphatic heterocycles. The zero-order valence-electron chi connectivity index (χ0n) is 13.0. The molecule has 1 saturated heterocycles. The van der Waals surface area contributed by atoms with E-state index in [0.29, 0.717) is 0 Å². The second-order valence-electron chi connectivity index (χ2n) is 6.13. The van der Waals surface area contributed by atoms with Crippen molar-refractivity contribution in [1.29, 1.82) is 0 Å². The summed E-state index contributed by atoms with van der Waals surface area (Å²) in [5.41, 5.74) is 0. The van der Waals surface area contributed by atoms with E-state index in [0.717, 1.165) is 6.42 Å². The van der Waals surface area contributed by atoms with Crippen LogP contribution in [0.2, 0.25) is 39.3 Å². The van der Waals surface area contributed by atoms with Crippen LogP contribution in [0, 0.1) is 0 Å². The van der Waals surface area contributed by atoms with Crippen LogP contribution in [0.5, 0.6) is 0 Å². The Hall–Kier alpha value is 0.708. The first-order valence-corrected chi connectivity index (χ1v) is 16.7. The lowest BCUT2D eigenvalue weighted by Crippen LogP contribution is -2.54. The predicted molar refractivity (Wildman–Crippen MR) is 84.0 cm³/mol. The molecule has 0 aliphatic carbocycles. The number of rotatable bonds is 1. The van der Waals surface area contributed by atoms with Crippen LogP contribution in [0.1, 0.15) is 20.3 Å². The summed E-state index contributed by atoms with van der Waals surface area (Å²) >= 11 is 0. The fourth-order valence-electron chi connectivity index (χ4n) is 2.43. The maximum atomic E-state index is 6.40. The first-order chi connectivity index (χ1) is 8.00. The van der Waals surface area contributed by atoms with Crippen molar-refractivity contribution < 1.29 is 16.8 Å². The Bertz CT molecular complexity index is 300. The normalized spacial score (nSPS) is 40.7. The topological polar surface area (TPSA) is 36.9 Å². The van der Waals surface area contributed by atoms with Gasteiger partial charge < -0.3 is 16.8 Å². The summed E-state index contributed by atoms with van der Waals surface area (Å²) in [5.74, 6) is 0. The zero-order chi connectivity index (χ0) is 14.2. The van der Waals surface area contributed by atoms with Crippen molar-refractivity contribution in [2.75, 3.05) is 0 Å². The maximum absolute atomic E-state index is 6.40. The Balaban J connectivity index is 3.05. The molecule has 1 aliphatic rings. The van der Waals surface area contributed by atoms with E-state index in [9.17, 15) is 0 Å². The molecule has 3 atom stereocenters. The molecule has 18 heavy (non-hydrogen) atoms. The first-order valence-electron chi connectivity index (χ1n) is 6.73. The van der Waals surface area contributed by atoms with Crippen LogP contribution in [0.3, 0.4) is 0 Å². The van der Waals surface area contributed by atoms with Crippen molar-refractivity contribution in [2.45, 2.75) is 64.8 Å². The molecule has 0 N–H and O–H groups in total. The zero-order valence-corrected chi connectivity index (χ0v) is 17.3. The highest BCUT2D eigenvalue weighted by molar-refractivity contribution is 6.82. The van der Waals surface area contributed by atoms with Gasteiger partial charge in [0.25, 0.3) is 0 Å². The van der Waals surface area contributed by atoms with Gasteiger partial charge in [0, 0.05) is 0 Å². The van der Waals surface area contributed by atoms with E-state index < -0.39 is 35.4 Å². The van der Waals surface area contributed by atoms with E-state index in [4.69, 9.17) is 16.8 Å². The average Bonchev–Trinajstić information content (AvgIpc) is 2.13. The van der Waals surface area contributed by atoms with Crippen LogP contribution >= 0.6 is 0 Å². The van der Waals surface area contributed by atoms with Crippen LogP contribution in [0.15, 0.2) is 0 Å². The second-order valence-corrected chi connectivity index (χ2v) is 18.4. The third-order valence-corrected chi connectivity index (χ3v) is 17.7. The Kier molecular flexibility index (Phi) is 5.22. The quantitative estimate of drug-likeness (QED) is 0.694. The largest absolute Gasteiger partial charge is 0.437 e. The molecular formula is C10H28O4Si4. The fraction of sp³-hybridized carbons (Fsp3) is 1.00. The predicted octanol–water partition coefficient (Wildman–Crippen LogP) is 2.38. The Morgan fingerprint density at radius 1 is 0.944 bits per heavy atom. The molecule has 1 heterocycles. The van der Waals surface area contributed by atoms with Crippen molar-refractivity contribution in [2.24, 2.45) is 0 Å². The molecule has 8 heteroatoms. The monoisotopic (exact) mass is 324 g/mol. The van der Waals surface area contributed by atoms with Gasteiger partial charge in [-0.2, -0.15) is 0 Å².